The van der Waals surface area contributed by atoms with Crippen molar-refractivity contribution in [3.8, 4) is 0 Å². The molecular formula is C13H16FNO2. The maximum absolute atomic E-state index is 12.8. The monoisotopic (exact) mass is 237 g/mol. The van der Waals surface area contributed by atoms with Gasteiger partial charge >= 0.3 is 5.97 Å². The summed E-state index contributed by atoms with van der Waals surface area (Å²) in [5, 5.41) is 3.21. The van der Waals surface area contributed by atoms with Gasteiger partial charge < -0.3 is 4.74 Å². The van der Waals surface area contributed by atoms with E-state index in [9.17, 15) is 9.18 Å². The zero-order chi connectivity index (χ0) is 12.3. The topological polar surface area (TPSA) is 38.3 Å². The van der Waals surface area contributed by atoms with Crippen LogP contribution < -0.4 is 5.32 Å². The first-order valence-corrected chi connectivity index (χ1v) is 5.89. The van der Waals surface area contributed by atoms with Crippen molar-refractivity contribution in [3.05, 3.63) is 35.6 Å². The first kappa shape index (κ1) is 12.0. The third kappa shape index (κ3) is 2.82. The van der Waals surface area contributed by atoms with E-state index in [-0.39, 0.29) is 23.9 Å². The molecule has 0 spiro atoms. The summed E-state index contributed by atoms with van der Waals surface area (Å²) >= 11 is 0. The van der Waals surface area contributed by atoms with Gasteiger partial charge in [-0.2, -0.15) is 0 Å². The third-order valence-corrected chi connectivity index (χ3v) is 2.99. The van der Waals surface area contributed by atoms with Crippen molar-refractivity contribution in [1.82, 2.24) is 5.32 Å². The van der Waals surface area contributed by atoms with Crippen LogP contribution in [0.2, 0.25) is 0 Å². The van der Waals surface area contributed by atoms with Crippen LogP contribution in [-0.4, -0.2) is 18.6 Å². The van der Waals surface area contributed by atoms with E-state index < -0.39 is 0 Å². The summed E-state index contributed by atoms with van der Waals surface area (Å²) in [5.41, 5.74) is 1.01. The van der Waals surface area contributed by atoms with E-state index in [0.29, 0.717) is 6.61 Å². The summed E-state index contributed by atoms with van der Waals surface area (Å²) in [5.74, 6) is -0.439. The molecule has 1 heterocycles. The number of ether oxygens (including phenoxy) is 1. The molecule has 1 fully saturated rings. The molecule has 4 heteroatoms. The highest BCUT2D eigenvalue weighted by Gasteiger charge is 2.30. The standard InChI is InChI=1S/C13H16FNO2/c1-2-17-13(16)12-8-7-11(15-12)9-3-5-10(14)6-4-9/h3-6,11-12,15H,2,7-8H2,1H3/t11-,12+/m1/s1. The average Bonchev–Trinajstić information content (AvgIpc) is 2.80. The second kappa shape index (κ2) is 5.27. The molecule has 1 aromatic carbocycles. The van der Waals surface area contributed by atoms with Gasteiger partial charge in [0.2, 0.25) is 0 Å². The highest BCUT2D eigenvalue weighted by atomic mass is 19.1. The van der Waals surface area contributed by atoms with Gasteiger partial charge in [-0.1, -0.05) is 12.1 Å². The number of rotatable bonds is 3. The van der Waals surface area contributed by atoms with Gasteiger partial charge in [-0.15, -0.1) is 0 Å². The molecule has 2 rings (SSSR count). The van der Waals surface area contributed by atoms with Crippen molar-refractivity contribution in [2.75, 3.05) is 6.61 Å². The molecule has 3 nitrogen and oxygen atoms in total. The molecule has 1 saturated heterocycles. The molecule has 92 valence electrons. The Morgan fingerprint density at radius 1 is 1.41 bits per heavy atom. The van der Waals surface area contributed by atoms with Crippen LogP contribution in [0.25, 0.3) is 0 Å². The van der Waals surface area contributed by atoms with Crippen LogP contribution >= 0.6 is 0 Å². The van der Waals surface area contributed by atoms with Gasteiger partial charge in [-0.05, 0) is 37.5 Å². The van der Waals surface area contributed by atoms with Crippen LogP contribution in [-0.2, 0) is 9.53 Å². The van der Waals surface area contributed by atoms with Crippen LogP contribution in [0.1, 0.15) is 31.4 Å². The number of halogens is 1. The number of carbonyl (C=O) groups is 1. The van der Waals surface area contributed by atoms with Crippen LogP contribution in [0.4, 0.5) is 4.39 Å². The lowest BCUT2D eigenvalue weighted by molar-refractivity contribution is -0.145. The molecule has 0 bridgehead atoms. The summed E-state index contributed by atoms with van der Waals surface area (Å²) in [7, 11) is 0. The fraction of sp³-hybridized carbons (Fsp3) is 0.462. The first-order chi connectivity index (χ1) is 8.20. The normalized spacial score (nSPS) is 23.6. The van der Waals surface area contributed by atoms with E-state index in [1.54, 1.807) is 19.1 Å². The molecule has 17 heavy (non-hydrogen) atoms. The fourth-order valence-electron chi connectivity index (χ4n) is 2.13. The van der Waals surface area contributed by atoms with Gasteiger partial charge in [-0.3, -0.25) is 10.1 Å². The van der Waals surface area contributed by atoms with Crippen LogP contribution in [0, 0.1) is 5.82 Å². The number of carbonyl (C=O) groups excluding carboxylic acids is 1. The molecule has 1 N–H and O–H groups in total. The van der Waals surface area contributed by atoms with E-state index in [4.69, 9.17) is 4.74 Å². The Morgan fingerprint density at radius 3 is 2.76 bits per heavy atom. The Balaban J connectivity index is 1.98. The summed E-state index contributed by atoms with van der Waals surface area (Å²) in [4.78, 5) is 11.5. The van der Waals surface area contributed by atoms with Gasteiger partial charge in [0.25, 0.3) is 0 Å². The molecular weight excluding hydrogens is 221 g/mol. The first-order valence-electron chi connectivity index (χ1n) is 5.89. The lowest BCUT2D eigenvalue weighted by Crippen LogP contribution is -2.33. The van der Waals surface area contributed by atoms with Crippen molar-refractivity contribution in [2.45, 2.75) is 31.8 Å². The van der Waals surface area contributed by atoms with Crippen molar-refractivity contribution in [3.63, 3.8) is 0 Å². The minimum Gasteiger partial charge on any atom is -0.465 e. The number of hydrogen-bond donors (Lipinski definition) is 1. The van der Waals surface area contributed by atoms with E-state index in [2.05, 4.69) is 5.32 Å². The summed E-state index contributed by atoms with van der Waals surface area (Å²) < 4.78 is 17.8. The molecule has 1 aliphatic heterocycles. The SMILES string of the molecule is CCOC(=O)[C@@H]1CC[C@H](c2ccc(F)cc2)N1. The molecule has 0 aromatic heterocycles. The summed E-state index contributed by atoms with van der Waals surface area (Å²) in [6.07, 6.45) is 1.63. The highest BCUT2D eigenvalue weighted by Crippen LogP contribution is 2.27. The lowest BCUT2D eigenvalue weighted by atomic mass is 10.1. The van der Waals surface area contributed by atoms with Gasteiger partial charge in [0, 0.05) is 6.04 Å². The average molecular weight is 237 g/mol. The highest BCUT2D eigenvalue weighted by molar-refractivity contribution is 5.76. The molecule has 1 aromatic rings. The van der Waals surface area contributed by atoms with Gasteiger partial charge in [0.15, 0.2) is 0 Å². The molecule has 0 aliphatic carbocycles. The number of nitrogens with one attached hydrogen (secondary N) is 1. The quantitative estimate of drug-likeness (QED) is 0.819. The molecule has 1 aliphatic rings. The van der Waals surface area contributed by atoms with Gasteiger partial charge in [0.1, 0.15) is 11.9 Å². The smallest absolute Gasteiger partial charge is 0.323 e. The van der Waals surface area contributed by atoms with Crippen molar-refractivity contribution in [1.29, 1.82) is 0 Å². The van der Waals surface area contributed by atoms with Crippen molar-refractivity contribution in [2.24, 2.45) is 0 Å². The Bertz CT molecular complexity index is 391. The van der Waals surface area contributed by atoms with Gasteiger partial charge in [0.05, 0.1) is 6.61 Å². The van der Waals surface area contributed by atoms with E-state index >= 15 is 0 Å². The van der Waals surface area contributed by atoms with E-state index in [0.717, 1.165) is 18.4 Å². The Labute approximate surface area is 100.0 Å². The summed E-state index contributed by atoms with van der Waals surface area (Å²) in [6.45, 7) is 2.20. The third-order valence-electron chi connectivity index (χ3n) is 2.99. The van der Waals surface area contributed by atoms with Crippen LogP contribution in [0.15, 0.2) is 24.3 Å². The minimum absolute atomic E-state index is 0.116. The molecule has 0 unspecified atom stereocenters. The van der Waals surface area contributed by atoms with Gasteiger partial charge in [-0.25, -0.2) is 4.39 Å². The second-order valence-electron chi connectivity index (χ2n) is 4.15. The zero-order valence-electron chi connectivity index (χ0n) is 9.78. The molecule has 0 saturated carbocycles. The van der Waals surface area contributed by atoms with Crippen LogP contribution in [0.3, 0.4) is 0 Å². The predicted octanol–water partition coefficient (Wildman–Crippen LogP) is 2.18. The lowest BCUT2D eigenvalue weighted by Gasteiger charge is -2.13. The predicted molar refractivity (Wildman–Crippen MR) is 61.9 cm³/mol. The maximum atomic E-state index is 12.8. The number of benzene rings is 1. The molecule has 2 atom stereocenters. The Hall–Kier alpha value is -1.42. The van der Waals surface area contributed by atoms with E-state index in [1.807, 2.05) is 0 Å². The summed E-state index contributed by atoms with van der Waals surface area (Å²) in [6, 6.07) is 6.26. The maximum Gasteiger partial charge on any atom is 0.323 e. The number of hydrogen-bond acceptors (Lipinski definition) is 3. The fourth-order valence-corrected chi connectivity index (χ4v) is 2.13. The minimum atomic E-state index is -0.242. The second-order valence-corrected chi connectivity index (χ2v) is 4.15. The molecule has 0 amide bonds. The van der Waals surface area contributed by atoms with Crippen molar-refractivity contribution < 1.29 is 13.9 Å². The zero-order valence-corrected chi connectivity index (χ0v) is 9.78. The van der Waals surface area contributed by atoms with E-state index in [1.165, 1.54) is 12.1 Å². The largest absolute Gasteiger partial charge is 0.465 e. The van der Waals surface area contributed by atoms with Crippen LogP contribution in [0.5, 0.6) is 0 Å². The number of esters is 1. The Morgan fingerprint density at radius 2 is 2.12 bits per heavy atom. The molecule has 0 radical (unpaired) electrons. The van der Waals surface area contributed by atoms with Crippen molar-refractivity contribution >= 4 is 5.97 Å². The Kier molecular flexibility index (Phi) is 3.74.